The number of piperidine rings is 2. The van der Waals surface area contributed by atoms with Crippen molar-refractivity contribution in [2.24, 2.45) is 0 Å². The molecule has 1 amide bonds. The summed E-state index contributed by atoms with van der Waals surface area (Å²) in [5.74, 6) is 0.349. The Kier molecular flexibility index (Phi) is 3.62. The number of nitrogens with zero attached hydrogens (tertiary/aromatic N) is 1. The first kappa shape index (κ1) is 10.9. The topological polar surface area (TPSA) is 32.3 Å². The molecule has 2 atom stereocenters. The van der Waals surface area contributed by atoms with E-state index in [1.54, 1.807) is 0 Å². The standard InChI is InChI=1S/C12H22N2O/c1-10-6-3-5-9-14(10)12(15)11-7-2-4-8-13-11/h10-11,13H,2-9H2,1H3/t10?,11-/m1/s1. The summed E-state index contributed by atoms with van der Waals surface area (Å²) < 4.78 is 0. The fourth-order valence-electron chi connectivity index (χ4n) is 2.69. The van der Waals surface area contributed by atoms with Gasteiger partial charge in [0.25, 0.3) is 0 Å². The van der Waals surface area contributed by atoms with Crippen LogP contribution in [0.25, 0.3) is 0 Å². The van der Waals surface area contributed by atoms with Gasteiger partial charge in [-0.3, -0.25) is 4.79 Å². The molecule has 1 N–H and O–H groups in total. The Balaban J connectivity index is 1.92. The zero-order valence-corrected chi connectivity index (χ0v) is 9.67. The quantitative estimate of drug-likeness (QED) is 0.712. The van der Waals surface area contributed by atoms with E-state index in [1.165, 1.54) is 32.1 Å². The molecule has 0 aromatic carbocycles. The molecule has 0 bridgehead atoms. The average Bonchev–Trinajstić information content (AvgIpc) is 2.30. The predicted octanol–water partition coefficient (Wildman–Crippen LogP) is 1.53. The second-order valence-corrected chi connectivity index (χ2v) is 4.88. The molecule has 2 fully saturated rings. The highest BCUT2D eigenvalue weighted by atomic mass is 16.2. The molecular weight excluding hydrogens is 188 g/mol. The second kappa shape index (κ2) is 4.97. The third kappa shape index (κ3) is 2.51. The van der Waals surface area contributed by atoms with Crippen molar-refractivity contribution < 1.29 is 4.79 Å². The lowest BCUT2D eigenvalue weighted by atomic mass is 9.99. The van der Waals surface area contributed by atoms with Crippen LogP contribution in [-0.4, -0.2) is 36.0 Å². The van der Waals surface area contributed by atoms with Crippen LogP contribution in [0.4, 0.5) is 0 Å². The number of rotatable bonds is 1. The Labute approximate surface area is 92.2 Å². The summed E-state index contributed by atoms with van der Waals surface area (Å²) in [4.78, 5) is 14.3. The Bertz CT molecular complexity index is 224. The van der Waals surface area contributed by atoms with Crippen molar-refractivity contribution in [3.8, 4) is 0 Å². The van der Waals surface area contributed by atoms with E-state index < -0.39 is 0 Å². The van der Waals surface area contributed by atoms with Crippen molar-refractivity contribution >= 4 is 5.91 Å². The molecular formula is C12H22N2O. The zero-order chi connectivity index (χ0) is 10.7. The van der Waals surface area contributed by atoms with Crippen LogP contribution in [0.3, 0.4) is 0 Å². The number of amides is 1. The smallest absolute Gasteiger partial charge is 0.239 e. The van der Waals surface area contributed by atoms with E-state index >= 15 is 0 Å². The van der Waals surface area contributed by atoms with Crippen molar-refractivity contribution in [3.63, 3.8) is 0 Å². The maximum absolute atomic E-state index is 12.2. The lowest BCUT2D eigenvalue weighted by Crippen LogP contribution is -2.52. The summed E-state index contributed by atoms with van der Waals surface area (Å²) in [5.41, 5.74) is 0. The molecule has 0 radical (unpaired) electrons. The van der Waals surface area contributed by atoms with Gasteiger partial charge in [0, 0.05) is 12.6 Å². The molecule has 2 saturated heterocycles. The van der Waals surface area contributed by atoms with E-state index in [-0.39, 0.29) is 6.04 Å². The number of likely N-dealkylation sites (tertiary alicyclic amines) is 1. The average molecular weight is 210 g/mol. The van der Waals surface area contributed by atoms with Crippen molar-refractivity contribution in [1.82, 2.24) is 10.2 Å². The molecule has 0 spiro atoms. The summed E-state index contributed by atoms with van der Waals surface area (Å²) in [6.07, 6.45) is 7.09. The number of nitrogens with one attached hydrogen (secondary N) is 1. The van der Waals surface area contributed by atoms with Gasteiger partial charge in [-0.15, -0.1) is 0 Å². The number of hydrogen-bond donors (Lipinski definition) is 1. The molecule has 0 aromatic rings. The molecule has 3 nitrogen and oxygen atoms in total. The predicted molar refractivity (Wildman–Crippen MR) is 60.7 cm³/mol. The van der Waals surface area contributed by atoms with Gasteiger partial charge in [-0.05, 0) is 45.6 Å². The van der Waals surface area contributed by atoms with Gasteiger partial charge in [-0.2, -0.15) is 0 Å². The Morgan fingerprint density at radius 3 is 2.67 bits per heavy atom. The van der Waals surface area contributed by atoms with E-state index in [0.717, 1.165) is 19.5 Å². The van der Waals surface area contributed by atoms with E-state index in [1.807, 2.05) is 0 Å². The van der Waals surface area contributed by atoms with Crippen molar-refractivity contribution in [1.29, 1.82) is 0 Å². The highest BCUT2D eigenvalue weighted by Gasteiger charge is 2.29. The maximum Gasteiger partial charge on any atom is 0.239 e. The van der Waals surface area contributed by atoms with Crippen LogP contribution in [0.5, 0.6) is 0 Å². The van der Waals surface area contributed by atoms with Gasteiger partial charge in [0.2, 0.25) is 5.91 Å². The lowest BCUT2D eigenvalue weighted by Gasteiger charge is -2.37. The van der Waals surface area contributed by atoms with Crippen LogP contribution in [0, 0.1) is 0 Å². The molecule has 0 aromatic heterocycles. The molecule has 1 unspecified atom stereocenters. The van der Waals surface area contributed by atoms with Crippen LogP contribution in [0.1, 0.15) is 45.4 Å². The maximum atomic E-state index is 12.2. The number of hydrogen-bond acceptors (Lipinski definition) is 2. The minimum absolute atomic E-state index is 0.110. The van der Waals surface area contributed by atoms with Crippen molar-refractivity contribution in [2.75, 3.05) is 13.1 Å². The van der Waals surface area contributed by atoms with Crippen LogP contribution < -0.4 is 5.32 Å². The normalized spacial score (nSPS) is 32.7. The van der Waals surface area contributed by atoms with Gasteiger partial charge in [-0.25, -0.2) is 0 Å². The molecule has 2 aliphatic heterocycles. The highest BCUT2D eigenvalue weighted by Crippen LogP contribution is 2.19. The molecule has 2 rings (SSSR count). The fourth-order valence-corrected chi connectivity index (χ4v) is 2.69. The molecule has 2 aliphatic rings. The third-order valence-electron chi connectivity index (χ3n) is 3.69. The van der Waals surface area contributed by atoms with Gasteiger partial charge in [-0.1, -0.05) is 6.42 Å². The highest BCUT2D eigenvalue weighted by molar-refractivity contribution is 5.82. The lowest BCUT2D eigenvalue weighted by molar-refractivity contribution is -0.137. The molecule has 0 saturated carbocycles. The number of carbonyl (C=O) groups excluding carboxylic acids is 1. The van der Waals surface area contributed by atoms with Gasteiger partial charge in [0.15, 0.2) is 0 Å². The summed E-state index contributed by atoms with van der Waals surface area (Å²) in [7, 11) is 0. The van der Waals surface area contributed by atoms with Gasteiger partial charge < -0.3 is 10.2 Å². The minimum atomic E-state index is 0.110. The van der Waals surface area contributed by atoms with Crippen molar-refractivity contribution in [2.45, 2.75) is 57.5 Å². The molecule has 3 heteroatoms. The summed E-state index contributed by atoms with van der Waals surface area (Å²) in [5, 5.41) is 3.35. The molecule has 86 valence electrons. The van der Waals surface area contributed by atoms with Gasteiger partial charge in [0.05, 0.1) is 6.04 Å². The third-order valence-corrected chi connectivity index (χ3v) is 3.69. The Hall–Kier alpha value is -0.570. The van der Waals surface area contributed by atoms with Crippen LogP contribution in [0.15, 0.2) is 0 Å². The van der Waals surface area contributed by atoms with Crippen LogP contribution in [0.2, 0.25) is 0 Å². The van der Waals surface area contributed by atoms with Crippen LogP contribution in [-0.2, 0) is 4.79 Å². The summed E-state index contributed by atoms with van der Waals surface area (Å²) in [6, 6.07) is 0.564. The van der Waals surface area contributed by atoms with E-state index in [4.69, 9.17) is 0 Å². The van der Waals surface area contributed by atoms with E-state index in [0.29, 0.717) is 11.9 Å². The molecule has 15 heavy (non-hydrogen) atoms. The zero-order valence-electron chi connectivity index (χ0n) is 9.67. The molecule has 2 heterocycles. The Morgan fingerprint density at radius 2 is 2.00 bits per heavy atom. The monoisotopic (exact) mass is 210 g/mol. The van der Waals surface area contributed by atoms with E-state index in [9.17, 15) is 4.79 Å². The first-order valence-corrected chi connectivity index (χ1v) is 6.33. The minimum Gasteiger partial charge on any atom is -0.339 e. The van der Waals surface area contributed by atoms with Crippen LogP contribution >= 0.6 is 0 Å². The first-order chi connectivity index (χ1) is 7.29. The second-order valence-electron chi connectivity index (χ2n) is 4.88. The molecule has 0 aliphatic carbocycles. The van der Waals surface area contributed by atoms with Gasteiger partial charge in [0.1, 0.15) is 0 Å². The largest absolute Gasteiger partial charge is 0.339 e. The summed E-state index contributed by atoms with van der Waals surface area (Å²) >= 11 is 0. The first-order valence-electron chi connectivity index (χ1n) is 6.33. The number of carbonyl (C=O) groups is 1. The van der Waals surface area contributed by atoms with E-state index in [2.05, 4.69) is 17.1 Å². The van der Waals surface area contributed by atoms with Gasteiger partial charge >= 0.3 is 0 Å². The SMILES string of the molecule is CC1CCCCN1C(=O)[C@H]1CCCCN1. The van der Waals surface area contributed by atoms with Crippen molar-refractivity contribution in [3.05, 3.63) is 0 Å². The fraction of sp³-hybridized carbons (Fsp3) is 0.917. The Morgan fingerprint density at radius 1 is 1.20 bits per heavy atom. The summed E-state index contributed by atoms with van der Waals surface area (Å²) in [6.45, 7) is 4.16.